The van der Waals surface area contributed by atoms with E-state index in [0.717, 1.165) is 33.8 Å². The molecule has 0 aromatic heterocycles. The van der Waals surface area contributed by atoms with Crippen LogP contribution in [-0.2, 0) is 65.0 Å². The molecule has 0 N–H and O–H groups in total. The summed E-state index contributed by atoms with van der Waals surface area (Å²) in [6.07, 6.45) is 1.93. The summed E-state index contributed by atoms with van der Waals surface area (Å²) in [5, 5.41) is 0. The Labute approximate surface area is 262 Å². The molecule has 0 spiro atoms. The molecule has 2 aromatic carbocycles. The van der Waals surface area contributed by atoms with Gasteiger partial charge in [-0.05, 0) is 72.9 Å². The molecule has 2 aromatic rings. The van der Waals surface area contributed by atoms with Crippen molar-refractivity contribution in [2.75, 3.05) is 42.7 Å². The van der Waals surface area contributed by atoms with E-state index in [2.05, 4.69) is 14.2 Å². The molecule has 0 aliphatic rings. The molecule has 1 unspecified atom stereocenters. The molecule has 2 rings (SSSR count). The smallest absolute Gasteiger partial charge is 0.334 e. The van der Waals surface area contributed by atoms with E-state index >= 15 is 0 Å². The van der Waals surface area contributed by atoms with Crippen molar-refractivity contribution in [1.82, 2.24) is 0 Å². The van der Waals surface area contributed by atoms with Gasteiger partial charge in [0.25, 0.3) is 0 Å². The molecule has 0 saturated heterocycles. The minimum atomic E-state index is -0.550. The molecular formula is C31H41O10Pd-. The minimum Gasteiger partial charge on any atom is -0.497 e. The van der Waals surface area contributed by atoms with Crippen LogP contribution in [0.4, 0.5) is 0 Å². The summed E-state index contributed by atoms with van der Waals surface area (Å²) in [4.78, 5) is 46.1. The number of carbonyl (C=O) groups is 4. The molecule has 0 fully saturated rings. The van der Waals surface area contributed by atoms with Crippen LogP contribution in [0.15, 0.2) is 42.0 Å². The van der Waals surface area contributed by atoms with Gasteiger partial charge in [-0.1, -0.05) is 12.1 Å². The zero-order valence-corrected chi connectivity index (χ0v) is 27.2. The SMILES string of the molecule is COC(=O)CC(=Cc1ccc(OC)cc1C)C(=O)OC.COC(=O)CC(Cc1ccc(OC)cc1C)C(=O)OC.[CH3-].[Pd]. The molecule has 0 aliphatic carbocycles. The first-order valence-corrected chi connectivity index (χ1v) is 12.3. The monoisotopic (exact) mass is 679 g/mol. The van der Waals surface area contributed by atoms with Gasteiger partial charge in [0.15, 0.2) is 0 Å². The average molecular weight is 680 g/mol. The first-order valence-electron chi connectivity index (χ1n) is 12.3. The number of esters is 4. The number of aryl methyl sites for hydroxylation is 2. The van der Waals surface area contributed by atoms with E-state index in [1.165, 1.54) is 28.4 Å². The Morgan fingerprint density at radius 2 is 1.29 bits per heavy atom. The van der Waals surface area contributed by atoms with E-state index in [4.69, 9.17) is 14.2 Å². The maximum absolute atomic E-state index is 11.7. The Morgan fingerprint density at radius 3 is 1.74 bits per heavy atom. The van der Waals surface area contributed by atoms with Gasteiger partial charge in [0.05, 0.1) is 61.4 Å². The molecule has 236 valence electrons. The zero-order chi connectivity index (χ0) is 30.2. The minimum absolute atomic E-state index is 0. The van der Waals surface area contributed by atoms with Crippen LogP contribution >= 0.6 is 0 Å². The van der Waals surface area contributed by atoms with Crippen molar-refractivity contribution in [3.05, 3.63) is 71.7 Å². The number of benzene rings is 2. The van der Waals surface area contributed by atoms with Gasteiger partial charge in [-0.25, -0.2) is 4.79 Å². The van der Waals surface area contributed by atoms with Crippen molar-refractivity contribution >= 4 is 30.0 Å². The van der Waals surface area contributed by atoms with Crippen molar-refractivity contribution in [2.24, 2.45) is 5.92 Å². The third-order valence-electron chi connectivity index (χ3n) is 6.01. The maximum atomic E-state index is 11.7. The average Bonchev–Trinajstić information content (AvgIpc) is 2.97. The number of rotatable bonds is 11. The molecule has 42 heavy (non-hydrogen) atoms. The molecule has 0 bridgehead atoms. The van der Waals surface area contributed by atoms with Crippen LogP contribution in [0.3, 0.4) is 0 Å². The molecular weight excluding hydrogens is 639 g/mol. The first-order chi connectivity index (χ1) is 19.0. The fourth-order valence-corrected chi connectivity index (χ4v) is 3.65. The van der Waals surface area contributed by atoms with Gasteiger partial charge in [0.2, 0.25) is 0 Å². The molecule has 1 atom stereocenters. The predicted octanol–water partition coefficient (Wildman–Crippen LogP) is 4.47. The molecule has 10 nitrogen and oxygen atoms in total. The summed E-state index contributed by atoms with van der Waals surface area (Å²) in [5.74, 6) is -0.934. The van der Waals surface area contributed by atoms with Gasteiger partial charge in [-0.3, -0.25) is 14.4 Å². The van der Waals surface area contributed by atoms with Crippen molar-refractivity contribution in [1.29, 1.82) is 0 Å². The van der Waals surface area contributed by atoms with Gasteiger partial charge >= 0.3 is 23.9 Å². The number of carbonyl (C=O) groups excluding carboxylic acids is 4. The third kappa shape index (κ3) is 13.3. The summed E-state index contributed by atoms with van der Waals surface area (Å²) in [6.45, 7) is 3.83. The van der Waals surface area contributed by atoms with Crippen LogP contribution in [0.2, 0.25) is 0 Å². The second-order valence-corrected chi connectivity index (χ2v) is 8.63. The predicted molar refractivity (Wildman–Crippen MR) is 154 cm³/mol. The van der Waals surface area contributed by atoms with Gasteiger partial charge in [-0.2, -0.15) is 0 Å². The molecule has 0 saturated carbocycles. The summed E-state index contributed by atoms with van der Waals surface area (Å²) in [5.41, 5.74) is 3.96. The molecule has 11 heteroatoms. The standard InChI is InChI=1S/C15H20O5.C15H18O5.CH3.Pd/c2*1-10-7-13(18-2)6-5-11(10)8-12(15(17)20-4)9-14(16)19-3;;/h5-7,12H,8-9H2,1-4H3;5-8H,9H2,1-4H3;1H3;/q;;-1;. The normalized spacial score (nSPS) is 10.7. The van der Waals surface area contributed by atoms with Gasteiger partial charge in [-0.15, -0.1) is 0 Å². The molecule has 0 heterocycles. The summed E-state index contributed by atoms with van der Waals surface area (Å²) in [6, 6.07) is 11.1. The molecule has 0 aliphatic heterocycles. The van der Waals surface area contributed by atoms with Crippen LogP contribution in [0.1, 0.15) is 35.1 Å². The van der Waals surface area contributed by atoms with E-state index in [1.54, 1.807) is 26.4 Å². The first kappa shape index (κ1) is 40.5. The Bertz CT molecular complexity index is 1210. The van der Waals surface area contributed by atoms with E-state index < -0.39 is 29.8 Å². The number of methoxy groups -OCH3 is 6. The van der Waals surface area contributed by atoms with Gasteiger partial charge in [0.1, 0.15) is 11.5 Å². The van der Waals surface area contributed by atoms with Crippen molar-refractivity contribution in [3.63, 3.8) is 0 Å². The van der Waals surface area contributed by atoms with Crippen molar-refractivity contribution < 1.29 is 68.0 Å². The van der Waals surface area contributed by atoms with Crippen molar-refractivity contribution in [2.45, 2.75) is 33.1 Å². The topological polar surface area (TPSA) is 124 Å². The Morgan fingerprint density at radius 1 is 0.738 bits per heavy atom. The van der Waals surface area contributed by atoms with E-state index in [-0.39, 0.29) is 46.3 Å². The number of hydrogen-bond acceptors (Lipinski definition) is 10. The van der Waals surface area contributed by atoms with E-state index in [1.807, 2.05) is 44.2 Å². The van der Waals surface area contributed by atoms with E-state index in [9.17, 15) is 19.2 Å². The number of hydrogen-bond donors (Lipinski definition) is 0. The number of ether oxygens (including phenoxy) is 6. The summed E-state index contributed by atoms with van der Waals surface area (Å²) in [7, 11) is 8.34. The van der Waals surface area contributed by atoms with Crippen LogP contribution in [0.25, 0.3) is 6.08 Å². The van der Waals surface area contributed by atoms with Crippen LogP contribution < -0.4 is 9.47 Å². The fourth-order valence-electron chi connectivity index (χ4n) is 3.65. The second-order valence-electron chi connectivity index (χ2n) is 8.63. The maximum Gasteiger partial charge on any atom is 0.334 e. The molecule has 0 amide bonds. The zero-order valence-electron chi connectivity index (χ0n) is 25.6. The van der Waals surface area contributed by atoms with Crippen molar-refractivity contribution in [3.8, 4) is 11.5 Å². The second kappa shape index (κ2) is 21.1. The Kier molecular flexibility index (Phi) is 20.3. The van der Waals surface area contributed by atoms with Crippen LogP contribution in [0, 0.1) is 27.2 Å². The van der Waals surface area contributed by atoms with Gasteiger partial charge < -0.3 is 35.8 Å². The fraction of sp³-hybridized carbons (Fsp3) is 0.387. The van der Waals surface area contributed by atoms with Gasteiger partial charge in [0, 0.05) is 26.0 Å². The third-order valence-corrected chi connectivity index (χ3v) is 6.01. The molecule has 0 radical (unpaired) electrons. The summed E-state index contributed by atoms with van der Waals surface area (Å²) < 4.78 is 28.9. The van der Waals surface area contributed by atoms with E-state index in [0.29, 0.717) is 6.42 Å². The Hall–Kier alpha value is -3.68. The summed E-state index contributed by atoms with van der Waals surface area (Å²) >= 11 is 0. The largest absolute Gasteiger partial charge is 0.497 e. The van der Waals surface area contributed by atoms with Crippen LogP contribution in [0.5, 0.6) is 11.5 Å². The van der Waals surface area contributed by atoms with Crippen LogP contribution in [-0.4, -0.2) is 66.5 Å². The quantitative estimate of drug-likeness (QED) is 0.111. The Balaban J connectivity index is 0.